The van der Waals surface area contributed by atoms with Gasteiger partial charge in [-0.05, 0) is 45.3 Å². The Kier molecular flexibility index (Phi) is 4.07. The van der Waals surface area contributed by atoms with E-state index >= 15 is 0 Å². The van der Waals surface area contributed by atoms with Gasteiger partial charge in [-0.1, -0.05) is 0 Å². The van der Waals surface area contributed by atoms with E-state index in [1.54, 1.807) is 0 Å². The number of halogens is 1. The van der Waals surface area contributed by atoms with Gasteiger partial charge in [0, 0.05) is 19.1 Å². The summed E-state index contributed by atoms with van der Waals surface area (Å²) in [6.07, 6.45) is 3.88. The second-order valence-electron chi connectivity index (χ2n) is 5.10. The smallest absolute Gasteiger partial charge is 0.133 e. The van der Waals surface area contributed by atoms with Gasteiger partial charge >= 0.3 is 0 Å². The molecule has 2 aliphatic heterocycles. The van der Waals surface area contributed by atoms with E-state index in [-0.39, 0.29) is 5.38 Å². The van der Waals surface area contributed by atoms with Crippen LogP contribution in [0.5, 0.6) is 0 Å². The van der Waals surface area contributed by atoms with Crippen LogP contribution in [0.1, 0.15) is 19.3 Å². The number of alkyl halides is 1. The average Bonchev–Trinajstić information content (AvgIpc) is 2.29. The van der Waals surface area contributed by atoms with Crippen molar-refractivity contribution in [3.8, 4) is 6.07 Å². The second kappa shape index (κ2) is 5.35. The van der Waals surface area contributed by atoms with Gasteiger partial charge in [-0.25, -0.2) is 0 Å². The highest BCUT2D eigenvalue weighted by Gasteiger charge is 2.34. The Balaban J connectivity index is 1.88. The normalized spacial score (nSPS) is 34.1. The van der Waals surface area contributed by atoms with Crippen molar-refractivity contribution in [3.05, 3.63) is 0 Å². The molecule has 2 fully saturated rings. The van der Waals surface area contributed by atoms with Crippen molar-refractivity contribution in [1.29, 1.82) is 5.26 Å². The molecule has 3 nitrogen and oxygen atoms in total. The van der Waals surface area contributed by atoms with Gasteiger partial charge in [0.15, 0.2) is 0 Å². The molecule has 0 aromatic heterocycles. The lowest BCUT2D eigenvalue weighted by Gasteiger charge is -2.46. The first-order valence-electron chi connectivity index (χ1n) is 6.17. The fourth-order valence-electron chi connectivity index (χ4n) is 3.16. The zero-order valence-electron chi connectivity index (χ0n) is 9.90. The lowest BCUT2D eigenvalue weighted by atomic mass is 9.84. The van der Waals surface area contributed by atoms with Crippen LogP contribution < -0.4 is 0 Å². The standard InChI is InChI=1S/C12H20ClN3/c1-15-5-2-3-10-8-16(6-4-12(10)15)9-11(13)7-14/h10-12H,2-6,8-9H2,1H3. The molecule has 90 valence electrons. The third-order valence-electron chi connectivity index (χ3n) is 3.99. The highest BCUT2D eigenvalue weighted by Crippen LogP contribution is 2.29. The number of likely N-dealkylation sites (tertiary alicyclic amines) is 2. The van der Waals surface area contributed by atoms with Crippen molar-refractivity contribution >= 4 is 11.6 Å². The van der Waals surface area contributed by atoms with E-state index in [0.29, 0.717) is 0 Å². The van der Waals surface area contributed by atoms with E-state index in [0.717, 1.165) is 31.6 Å². The second-order valence-corrected chi connectivity index (χ2v) is 5.62. The molecule has 0 aromatic rings. The molecule has 3 atom stereocenters. The van der Waals surface area contributed by atoms with Crippen LogP contribution in [-0.2, 0) is 0 Å². The predicted molar refractivity (Wildman–Crippen MR) is 65.5 cm³/mol. The van der Waals surface area contributed by atoms with Crippen molar-refractivity contribution in [3.63, 3.8) is 0 Å². The number of nitriles is 1. The molecule has 0 aliphatic carbocycles. The number of hydrogen-bond acceptors (Lipinski definition) is 3. The molecule has 2 heterocycles. The molecule has 0 aromatic carbocycles. The summed E-state index contributed by atoms with van der Waals surface area (Å²) in [7, 11) is 2.24. The fraction of sp³-hybridized carbons (Fsp3) is 0.917. The maximum atomic E-state index is 8.72. The van der Waals surface area contributed by atoms with Gasteiger partial charge in [-0.15, -0.1) is 11.6 Å². The van der Waals surface area contributed by atoms with Gasteiger partial charge in [0.1, 0.15) is 5.38 Å². The summed E-state index contributed by atoms with van der Waals surface area (Å²) >= 11 is 5.89. The third-order valence-corrected chi connectivity index (χ3v) is 4.22. The lowest BCUT2D eigenvalue weighted by Crippen LogP contribution is -2.53. The summed E-state index contributed by atoms with van der Waals surface area (Å²) < 4.78 is 0. The highest BCUT2D eigenvalue weighted by atomic mass is 35.5. The Morgan fingerprint density at radius 3 is 3.00 bits per heavy atom. The third kappa shape index (κ3) is 2.68. The zero-order chi connectivity index (χ0) is 11.5. The maximum absolute atomic E-state index is 8.72. The minimum atomic E-state index is -0.349. The summed E-state index contributed by atoms with van der Waals surface area (Å²) in [6.45, 7) is 4.19. The molecule has 0 spiro atoms. The van der Waals surface area contributed by atoms with Gasteiger partial charge in [0.05, 0.1) is 6.07 Å². The van der Waals surface area contributed by atoms with Crippen molar-refractivity contribution < 1.29 is 0 Å². The van der Waals surface area contributed by atoms with Crippen LogP contribution in [0, 0.1) is 17.2 Å². The Morgan fingerprint density at radius 1 is 1.44 bits per heavy atom. The number of nitrogens with zero attached hydrogens (tertiary/aromatic N) is 3. The topological polar surface area (TPSA) is 30.3 Å². The summed E-state index contributed by atoms with van der Waals surface area (Å²) in [4.78, 5) is 4.87. The molecule has 2 aliphatic rings. The van der Waals surface area contributed by atoms with Crippen molar-refractivity contribution in [2.45, 2.75) is 30.7 Å². The molecule has 2 saturated heterocycles. The molecule has 2 rings (SSSR count). The largest absolute Gasteiger partial charge is 0.303 e. The van der Waals surface area contributed by atoms with Gasteiger partial charge in [0.25, 0.3) is 0 Å². The Bertz CT molecular complexity index is 276. The fourth-order valence-corrected chi connectivity index (χ4v) is 3.36. The molecular formula is C12H20ClN3. The van der Waals surface area contributed by atoms with Crippen LogP contribution in [0.4, 0.5) is 0 Å². The maximum Gasteiger partial charge on any atom is 0.133 e. The Labute approximate surface area is 103 Å². The number of rotatable bonds is 2. The van der Waals surface area contributed by atoms with Gasteiger partial charge in [-0.2, -0.15) is 5.26 Å². The number of fused-ring (bicyclic) bond motifs is 1. The number of hydrogen-bond donors (Lipinski definition) is 0. The average molecular weight is 242 g/mol. The summed E-state index contributed by atoms with van der Waals surface area (Å²) in [5.74, 6) is 0.787. The SMILES string of the molecule is CN1CCCC2CN(CC(Cl)C#N)CCC21. The summed E-state index contributed by atoms with van der Waals surface area (Å²) in [5, 5.41) is 8.37. The Hall–Kier alpha value is -0.300. The molecule has 0 N–H and O–H groups in total. The molecular weight excluding hydrogens is 222 g/mol. The first-order chi connectivity index (χ1) is 7.70. The van der Waals surface area contributed by atoms with Crippen molar-refractivity contribution in [2.75, 3.05) is 33.2 Å². The first-order valence-corrected chi connectivity index (χ1v) is 6.60. The minimum Gasteiger partial charge on any atom is -0.303 e. The monoisotopic (exact) mass is 241 g/mol. The van der Waals surface area contributed by atoms with Gasteiger partial charge in [0.2, 0.25) is 0 Å². The predicted octanol–water partition coefficient (Wildman–Crippen LogP) is 1.53. The number of piperidine rings is 2. The van der Waals surface area contributed by atoms with Crippen molar-refractivity contribution in [1.82, 2.24) is 9.80 Å². The van der Waals surface area contributed by atoms with E-state index in [9.17, 15) is 0 Å². The van der Waals surface area contributed by atoms with Crippen LogP contribution in [0.2, 0.25) is 0 Å². The van der Waals surface area contributed by atoms with E-state index in [2.05, 4.69) is 22.9 Å². The quantitative estimate of drug-likeness (QED) is 0.687. The minimum absolute atomic E-state index is 0.349. The first kappa shape index (κ1) is 12.2. The van der Waals surface area contributed by atoms with Crippen LogP contribution in [0.3, 0.4) is 0 Å². The van der Waals surface area contributed by atoms with Crippen LogP contribution >= 0.6 is 11.6 Å². The molecule has 16 heavy (non-hydrogen) atoms. The molecule has 3 unspecified atom stereocenters. The molecule has 4 heteroatoms. The van der Waals surface area contributed by atoms with Crippen LogP contribution in [-0.4, -0.2) is 54.4 Å². The van der Waals surface area contributed by atoms with Gasteiger partial charge < -0.3 is 9.80 Å². The molecule has 0 radical (unpaired) electrons. The van der Waals surface area contributed by atoms with Gasteiger partial charge in [-0.3, -0.25) is 0 Å². The summed E-state index contributed by atoms with van der Waals surface area (Å²) in [5.41, 5.74) is 0. The Morgan fingerprint density at radius 2 is 2.25 bits per heavy atom. The highest BCUT2D eigenvalue weighted by molar-refractivity contribution is 6.22. The van der Waals surface area contributed by atoms with E-state index in [4.69, 9.17) is 16.9 Å². The van der Waals surface area contributed by atoms with E-state index < -0.39 is 0 Å². The lowest BCUT2D eigenvalue weighted by molar-refractivity contribution is 0.0398. The van der Waals surface area contributed by atoms with Crippen LogP contribution in [0.15, 0.2) is 0 Å². The van der Waals surface area contributed by atoms with Crippen LogP contribution in [0.25, 0.3) is 0 Å². The van der Waals surface area contributed by atoms with Crippen molar-refractivity contribution in [2.24, 2.45) is 5.92 Å². The zero-order valence-corrected chi connectivity index (χ0v) is 10.7. The summed E-state index contributed by atoms with van der Waals surface area (Å²) in [6, 6.07) is 2.87. The molecule has 0 amide bonds. The van der Waals surface area contributed by atoms with E-state index in [1.165, 1.54) is 25.8 Å². The molecule has 0 bridgehead atoms. The molecule has 0 saturated carbocycles. The van der Waals surface area contributed by atoms with E-state index in [1.807, 2.05) is 0 Å².